The molecular weight excluding hydrogens is 262 g/mol. The topological polar surface area (TPSA) is 38.3 Å². The maximum absolute atomic E-state index is 11.9. The van der Waals surface area contributed by atoms with Gasteiger partial charge in [0.05, 0.1) is 0 Å². The van der Waals surface area contributed by atoms with E-state index >= 15 is 0 Å². The number of alkyl carbamates (subject to hydrolysis) is 1. The van der Waals surface area contributed by atoms with E-state index in [-0.39, 0.29) is 12.2 Å². The molecule has 0 aromatic heterocycles. The number of benzene rings is 1. The summed E-state index contributed by atoms with van der Waals surface area (Å²) in [5, 5.41) is 2.93. The lowest BCUT2D eigenvalue weighted by molar-refractivity contribution is 0.105. The predicted octanol–water partition coefficient (Wildman–Crippen LogP) is 4.65. The van der Waals surface area contributed by atoms with Crippen LogP contribution in [-0.2, 0) is 4.74 Å². The number of carbonyl (C=O) groups is 1. The number of hydrogen-bond acceptors (Lipinski definition) is 2. The van der Waals surface area contributed by atoms with Crippen LogP contribution in [0.15, 0.2) is 30.3 Å². The fourth-order valence-corrected chi connectivity index (χ4v) is 2.79. The van der Waals surface area contributed by atoms with Gasteiger partial charge in [-0.25, -0.2) is 4.79 Å². The molecule has 0 bridgehead atoms. The smallest absolute Gasteiger partial charge is 0.407 e. The van der Waals surface area contributed by atoms with Gasteiger partial charge in [0.1, 0.15) is 6.10 Å². The number of rotatable bonds is 4. The number of carbonyl (C=O) groups excluding carboxylic acids is 1. The van der Waals surface area contributed by atoms with Crippen molar-refractivity contribution >= 4 is 6.09 Å². The van der Waals surface area contributed by atoms with E-state index in [4.69, 9.17) is 4.74 Å². The first-order valence-corrected chi connectivity index (χ1v) is 8.07. The highest BCUT2D eigenvalue weighted by Crippen LogP contribution is 2.21. The summed E-state index contributed by atoms with van der Waals surface area (Å²) in [6.07, 6.45) is 9.20. The maximum Gasteiger partial charge on any atom is 0.407 e. The van der Waals surface area contributed by atoms with E-state index in [2.05, 4.69) is 11.7 Å². The van der Waals surface area contributed by atoms with Crippen molar-refractivity contribution in [2.75, 3.05) is 6.54 Å². The summed E-state index contributed by atoms with van der Waals surface area (Å²) in [6, 6.07) is 9.82. The number of amides is 1. The standard InChI is InChI=1S/C18H26NO2/c1-15(17-12-8-5-9-13-17)21-18(20)19-14-16-10-6-3-2-4-7-11-16/h3,5,8-9,12-13,15-16H,2,4,6-7,10-11,14H2,1H3,(H,19,20). The SMILES string of the molecule is CC(OC(=O)NCC1CC[CH]CCCC1)c1ccccc1. The second-order valence-corrected chi connectivity index (χ2v) is 5.86. The highest BCUT2D eigenvalue weighted by Gasteiger charge is 2.15. The molecule has 0 spiro atoms. The summed E-state index contributed by atoms with van der Waals surface area (Å²) in [6.45, 7) is 2.63. The highest BCUT2D eigenvalue weighted by molar-refractivity contribution is 5.67. The first-order chi connectivity index (χ1) is 10.3. The Morgan fingerprint density at radius 2 is 2.05 bits per heavy atom. The predicted molar refractivity (Wildman–Crippen MR) is 84.8 cm³/mol. The zero-order valence-corrected chi connectivity index (χ0v) is 12.9. The minimum Gasteiger partial charge on any atom is -0.442 e. The van der Waals surface area contributed by atoms with Gasteiger partial charge in [-0.1, -0.05) is 49.6 Å². The molecule has 0 aliphatic heterocycles. The molecule has 0 saturated heterocycles. The average molecular weight is 288 g/mol. The van der Waals surface area contributed by atoms with Crippen LogP contribution in [0.5, 0.6) is 0 Å². The molecule has 2 atom stereocenters. The molecule has 1 aromatic rings. The minimum atomic E-state index is -0.308. The molecule has 3 heteroatoms. The van der Waals surface area contributed by atoms with Crippen LogP contribution in [-0.4, -0.2) is 12.6 Å². The molecular formula is C18H26NO2. The van der Waals surface area contributed by atoms with Crippen LogP contribution < -0.4 is 5.32 Å². The second kappa shape index (κ2) is 8.71. The van der Waals surface area contributed by atoms with Crippen molar-refractivity contribution in [2.24, 2.45) is 5.92 Å². The summed E-state index contributed by atoms with van der Waals surface area (Å²) in [5.41, 5.74) is 1.02. The molecule has 1 aromatic carbocycles. The molecule has 3 nitrogen and oxygen atoms in total. The molecule has 2 rings (SSSR count). The molecule has 1 aliphatic carbocycles. The fourth-order valence-electron chi connectivity index (χ4n) is 2.79. The molecule has 1 N–H and O–H groups in total. The third-order valence-electron chi connectivity index (χ3n) is 4.14. The van der Waals surface area contributed by atoms with Crippen molar-refractivity contribution in [2.45, 2.75) is 51.6 Å². The van der Waals surface area contributed by atoms with Gasteiger partial charge >= 0.3 is 6.09 Å². The molecule has 1 radical (unpaired) electrons. The lowest BCUT2D eigenvalue weighted by Crippen LogP contribution is -2.30. The molecule has 115 valence electrons. The largest absolute Gasteiger partial charge is 0.442 e. The van der Waals surface area contributed by atoms with E-state index in [1.165, 1.54) is 38.5 Å². The van der Waals surface area contributed by atoms with Crippen molar-refractivity contribution in [3.8, 4) is 0 Å². The highest BCUT2D eigenvalue weighted by atomic mass is 16.6. The summed E-state index contributed by atoms with van der Waals surface area (Å²) in [7, 11) is 0. The molecule has 1 aliphatic rings. The van der Waals surface area contributed by atoms with Crippen molar-refractivity contribution in [3.63, 3.8) is 0 Å². The Kier molecular flexibility index (Phi) is 6.58. The third-order valence-corrected chi connectivity index (χ3v) is 4.14. The Labute approximate surface area is 128 Å². The van der Waals surface area contributed by atoms with Gasteiger partial charge in [0.25, 0.3) is 0 Å². The van der Waals surface area contributed by atoms with E-state index in [0.717, 1.165) is 12.1 Å². The normalized spacial score (nSPS) is 18.3. The van der Waals surface area contributed by atoms with Crippen LogP contribution in [0.1, 0.15) is 57.1 Å². The summed E-state index contributed by atoms with van der Waals surface area (Å²) >= 11 is 0. The van der Waals surface area contributed by atoms with Crippen LogP contribution in [0.2, 0.25) is 0 Å². The van der Waals surface area contributed by atoms with Crippen molar-refractivity contribution < 1.29 is 9.53 Å². The fraction of sp³-hybridized carbons (Fsp3) is 0.556. The lowest BCUT2D eigenvalue weighted by atomic mass is 9.91. The Balaban J connectivity index is 1.71. The number of hydrogen-bond donors (Lipinski definition) is 1. The minimum absolute atomic E-state index is 0.211. The number of ether oxygens (including phenoxy) is 1. The van der Waals surface area contributed by atoms with Gasteiger partial charge in [-0.2, -0.15) is 0 Å². The zero-order valence-electron chi connectivity index (χ0n) is 12.9. The van der Waals surface area contributed by atoms with Crippen LogP contribution in [0.3, 0.4) is 0 Å². The second-order valence-electron chi connectivity index (χ2n) is 5.86. The van der Waals surface area contributed by atoms with Crippen molar-refractivity contribution in [3.05, 3.63) is 42.3 Å². The number of nitrogens with one attached hydrogen (secondary N) is 1. The first-order valence-electron chi connectivity index (χ1n) is 8.07. The average Bonchev–Trinajstić information content (AvgIpc) is 2.47. The van der Waals surface area contributed by atoms with Gasteiger partial charge in [-0.3, -0.25) is 0 Å². The molecule has 1 fully saturated rings. The molecule has 1 amide bonds. The first kappa shape index (κ1) is 15.9. The van der Waals surface area contributed by atoms with Gasteiger partial charge in [-0.05, 0) is 44.1 Å². The van der Waals surface area contributed by atoms with E-state index in [9.17, 15) is 4.79 Å². The van der Waals surface area contributed by atoms with Gasteiger partial charge in [0.2, 0.25) is 0 Å². The van der Waals surface area contributed by atoms with Crippen LogP contribution >= 0.6 is 0 Å². The summed E-state index contributed by atoms with van der Waals surface area (Å²) in [4.78, 5) is 11.9. The van der Waals surface area contributed by atoms with Crippen LogP contribution in [0.25, 0.3) is 0 Å². The summed E-state index contributed by atoms with van der Waals surface area (Å²) in [5.74, 6) is 0.584. The monoisotopic (exact) mass is 288 g/mol. The van der Waals surface area contributed by atoms with Gasteiger partial charge in [0, 0.05) is 6.54 Å². The molecule has 2 unspecified atom stereocenters. The Morgan fingerprint density at radius 1 is 1.24 bits per heavy atom. The van der Waals surface area contributed by atoms with E-state index in [1.807, 2.05) is 37.3 Å². The van der Waals surface area contributed by atoms with Gasteiger partial charge in [0.15, 0.2) is 0 Å². The molecule has 1 saturated carbocycles. The third kappa shape index (κ3) is 5.78. The molecule has 21 heavy (non-hydrogen) atoms. The van der Waals surface area contributed by atoms with Gasteiger partial charge < -0.3 is 10.1 Å². The van der Waals surface area contributed by atoms with Crippen molar-refractivity contribution in [1.29, 1.82) is 0 Å². The lowest BCUT2D eigenvalue weighted by Gasteiger charge is -2.20. The Hall–Kier alpha value is -1.51. The van der Waals surface area contributed by atoms with Crippen LogP contribution in [0, 0.1) is 12.3 Å². The molecule has 0 heterocycles. The quantitative estimate of drug-likeness (QED) is 0.876. The van der Waals surface area contributed by atoms with E-state index < -0.39 is 0 Å². The van der Waals surface area contributed by atoms with Crippen molar-refractivity contribution in [1.82, 2.24) is 5.32 Å². The Bertz CT molecular complexity index is 410. The van der Waals surface area contributed by atoms with E-state index in [1.54, 1.807) is 0 Å². The maximum atomic E-state index is 11.9. The Morgan fingerprint density at radius 3 is 2.86 bits per heavy atom. The van der Waals surface area contributed by atoms with E-state index in [0.29, 0.717) is 5.92 Å². The van der Waals surface area contributed by atoms with Gasteiger partial charge in [-0.15, -0.1) is 0 Å². The summed E-state index contributed by atoms with van der Waals surface area (Å²) < 4.78 is 5.43. The zero-order chi connectivity index (χ0) is 14.9. The van der Waals surface area contributed by atoms with Crippen LogP contribution in [0.4, 0.5) is 4.79 Å².